The maximum Gasteiger partial charge on any atom is 0.338 e. The van der Waals surface area contributed by atoms with E-state index in [-0.39, 0.29) is 5.56 Å². The molecule has 0 spiro atoms. The van der Waals surface area contributed by atoms with Crippen molar-refractivity contribution in [1.29, 1.82) is 0 Å². The minimum Gasteiger partial charge on any atom is -0.496 e. The first-order chi connectivity index (χ1) is 19.3. The van der Waals surface area contributed by atoms with Crippen molar-refractivity contribution in [2.45, 2.75) is 33.4 Å². The Morgan fingerprint density at radius 2 is 1.73 bits per heavy atom. The van der Waals surface area contributed by atoms with Crippen LogP contribution < -0.4 is 24.4 Å². The van der Waals surface area contributed by atoms with Crippen LogP contribution in [0, 0.1) is 13.8 Å². The summed E-state index contributed by atoms with van der Waals surface area (Å²) < 4.78 is 18.8. The van der Waals surface area contributed by atoms with Crippen molar-refractivity contribution in [3.8, 4) is 11.5 Å². The first kappa shape index (κ1) is 27.1. The van der Waals surface area contributed by atoms with Crippen LogP contribution in [0.1, 0.15) is 40.8 Å². The molecule has 1 aliphatic rings. The van der Waals surface area contributed by atoms with Crippen LogP contribution in [0.5, 0.6) is 11.5 Å². The normalized spacial score (nSPS) is 14.9. The van der Waals surface area contributed by atoms with Crippen LogP contribution in [0.4, 0.5) is 0 Å². The molecule has 0 saturated heterocycles. The highest BCUT2D eigenvalue weighted by Crippen LogP contribution is 2.30. The van der Waals surface area contributed by atoms with Gasteiger partial charge in [-0.3, -0.25) is 9.36 Å². The summed E-state index contributed by atoms with van der Waals surface area (Å²) in [5, 5.41) is 0. The first-order valence-corrected chi connectivity index (χ1v) is 13.6. The van der Waals surface area contributed by atoms with E-state index in [1.54, 1.807) is 18.6 Å². The second-order valence-electron chi connectivity index (χ2n) is 9.67. The lowest BCUT2D eigenvalue weighted by Gasteiger charge is -2.24. The molecule has 5 rings (SSSR count). The molecule has 0 unspecified atom stereocenters. The number of hydrogen-bond acceptors (Lipinski definition) is 7. The lowest BCUT2D eigenvalue weighted by molar-refractivity contribution is -0.136. The minimum absolute atomic E-state index is 0.227. The molecule has 40 heavy (non-hydrogen) atoms. The number of benzene rings is 3. The highest BCUT2D eigenvalue weighted by Gasteiger charge is 2.32. The van der Waals surface area contributed by atoms with E-state index < -0.39 is 12.0 Å². The Labute approximate surface area is 236 Å². The van der Waals surface area contributed by atoms with Gasteiger partial charge in [0.05, 0.1) is 36.1 Å². The Kier molecular flexibility index (Phi) is 7.71. The largest absolute Gasteiger partial charge is 0.496 e. The molecule has 0 aliphatic carbocycles. The van der Waals surface area contributed by atoms with Gasteiger partial charge >= 0.3 is 5.97 Å². The molecule has 0 bridgehead atoms. The molecule has 204 valence electrons. The number of fused-ring (bicyclic) bond motifs is 1. The number of methoxy groups -OCH3 is 2. The van der Waals surface area contributed by atoms with E-state index >= 15 is 0 Å². The minimum atomic E-state index is -0.635. The van der Waals surface area contributed by atoms with Crippen LogP contribution in [0.25, 0.3) is 6.08 Å². The predicted molar refractivity (Wildman–Crippen MR) is 155 cm³/mol. The summed E-state index contributed by atoms with van der Waals surface area (Å²) >= 11 is 1.29. The molecular formula is C32H30N2O5S. The maximum atomic E-state index is 13.8. The van der Waals surface area contributed by atoms with Gasteiger partial charge in [0.2, 0.25) is 0 Å². The Morgan fingerprint density at radius 1 is 1.00 bits per heavy atom. The van der Waals surface area contributed by atoms with Gasteiger partial charge < -0.3 is 14.2 Å². The summed E-state index contributed by atoms with van der Waals surface area (Å²) in [6.07, 6.45) is 1.84. The van der Waals surface area contributed by atoms with Crippen LogP contribution in [-0.2, 0) is 16.1 Å². The van der Waals surface area contributed by atoms with Crippen molar-refractivity contribution in [2.75, 3.05) is 14.2 Å². The fourth-order valence-corrected chi connectivity index (χ4v) is 6.02. The van der Waals surface area contributed by atoms with Crippen molar-refractivity contribution >= 4 is 23.4 Å². The number of ether oxygens (including phenoxy) is 3. The van der Waals surface area contributed by atoms with Gasteiger partial charge in [-0.15, -0.1) is 0 Å². The topological polar surface area (TPSA) is 79.1 Å². The molecule has 0 saturated carbocycles. The molecule has 2 heterocycles. The average molecular weight is 555 g/mol. The summed E-state index contributed by atoms with van der Waals surface area (Å²) in [5.41, 5.74) is 5.40. The van der Waals surface area contributed by atoms with E-state index in [0.717, 1.165) is 33.6 Å². The standard InChI is InChI=1S/C32H30N2O5S/c1-19-13-20(2)15-25(14-19)39-18-24-16-22(11-12-26(24)37-4)17-27-30(35)34-29(23-9-7-6-8-10-23)28(31(36)38-5)21(3)33-32(34)40-27/h6-17,29H,18H2,1-5H3/b27-17-/t29-/m0/s1. The number of aromatic nitrogens is 1. The number of nitrogens with zero attached hydrogens (tertiary/aromatic N) is 2. The Morgan fingerprint density at radius 3 is 2.40 bits per heavy atom. The van der Waals surface area contributed by atoms with Gasteiger partial charge in [-0.1, -0.05) is 53.8 Å². The SMILES string of the molecule is COC(=O)C1=C(C)N=c2s/c(=C\c3ccc(OC)c(COc4cc(C)cc(C)c4)c3)c(=O)n2[C@H]1c1ccccc1. The van der Waals surface area contributed by atoms with E-state index in [4.69, 9.17) is 14.2 Å². The molecule has 3 aromatic carbocycles. The first-order valence-electron chi connectivity index (χ1n) is 12.8. The lowest BCUT2D eigenvalue weighted by Crippen LogP contribution is -2.39. The average Bonchev–Trinajstić information content (AvgIpc) is 3.24. The summed E-state index contributed by atoms with van der Waals surface area (Å²) in [5.74, 6) is 0.981. The number of aryl methyl sites for hydroxylation is 2. The fourth-order valence-electron chi connectivity index (χ4n) is 4.97. The van der Waals surface area contributed by atoms with Crippen LogP contribution in [0.3, 0.4) is 0 Å². The summed E-state index contributed by atoms with van der Waals surface area (Å²) in [4.78, 5) is 31.7. The van der Waals surface area contributed by atoms with Gasteiger partial charge in [0, 0.05) is 5.56 Å². The molecule has 4 aromatic rings. The van der Waals surface area contributed by atoms with Crippen molar-refractivity contribution in [2.24, 2.45) is 4.99 Å². The van der Waals surface area contributed by atoms with Gasteiger partial charge in [0.1, 0.15) is 18.1 Å². The van der Waals surface area contributed by atoms with Crippen LogP contribution >= 0.6 is 11.3 Å². The van der Waals surface area contributed by atoms with Crippen molar-refractivity contribution in [3.63, 3.8) is 0 Å². The monoisotopic (exact) mass is 554 g/mol. The Hall–Kier alpha value is -4.43. The number of rotatable bonds is 7. The Bertz CT molecular complexity index is 1780. The Balaban J connectivity index is 1.56. The number of carbonyl (C=O) groups is 1. The molecule has 1 aliphatic heterocycles. The second kappa shape index (κ2) is 11.4. The molecule has 0 fully saturated rings. The zero-order valence-corrected chi connectivity index (χ0v) is 23.9. The van der Waals surface area contributed by atoms with Crippen molar-refractivity contribution < 1.29 is 19.0 Å². The van der Waals surface area contributed by atoms with Gasteiger partial charge in [-0.05, 0) is 73.4 Å². The summed E-state index contributed by atoms with van der Waals surface area (Å²) in [6.45, 7) is 6.15. The zero-order valence-electron chi connectivity index (χ0n) is 23.1. The quantitative estimate of drug-likeness (QED) is 0.312. The molecule has 7 nitrogen and oxygen atoms in total. The van der Waals surface area contributed by atoms with Crippen molar-refractivity contribution in [3.05, 3.63) is 126 Å². The fraction of sp³-hybridized carbons (Fsp3) is 0.219. The highest BCUT2D eigenvalue weighted by molar-refractivity contribution is 7.07. The number of esters is 1. The van der Waals surface area contributed by atoms with Crippen LogP contribution in [-0.4, -0.2) is 24.8 Å². The van der Waals surface area contributed by atoms with Gasteiger partial charge in [-0.2, -0.15) is 0 Å². The smallest absolute Gasteiger partial charge is 0.338 e. The summed E-state index contributed by atoms with van der Waals surface area (Å²) in [6, 6.07) is 20.6. The zero-order chi connectivity index (χ0) is 28.4. The van der Waals surface area contributed by atoms with Crippen molar-refractivity contribution in [1.82, 2.24) is 4.57 Å². The summed E-state index contributed by atoms with van der Waals surface area (Å²) in [7, 11) is 2.96. The third-order valence-electron chi connectivity index (χ3n) is 6.73. The van der Waals surface area contributed by atoms with E-state index in [1.165, 1.54) is 18.4 Å². The van der Waals surface area contributed by atoms with Gasteiger partial charge in [0.15, 0.2) is 4.80 Å². The maximum absolute atomic E-state index is 13.8. The van der Waals surface area contributed by atoms with E-state index in [0.29, 0.717) is 33.0 Å². The molecule has 1 atom stereocenters. The number of allylic oxidation sites excluding steroid dienone is 1. The molecule has 0 radical (unpaired) electrons. The molecule has 0 N–H and O–H groups in total. The molecule has 1 aromatic heterocycles. The molecular weight excluding hydrogens is 524 g/mol. The van der Waals surface area contributed by atoms with E-state index in [2.05, 4.69) is 11.1 Å². The highest BCUT2D eigenvalue weighted by atomic mass is 32.1. The second-order valence-corrected chi connectivity index (χ2v) is 10.7. The number of carbonyl (C=O) groups excluding carboxylic acids is 1. The van der Waals surface area contributed by atoms with Gasteiger partial charge in [0.25, 0.3) is 5.56 Å². The van der Waals surface area contributed by atoms with E-state index in [1.807, 2.05) is 80.6 Å². The lowest BCUT2D eigenvalue weighted by atomic mass is 9.96. The molecule has 8 heteroatoms. The third kappa shape index (κ3) is 5.35. The molecule has 0 amide bonds. The number of thiazole rings is 1. The van der Waals surface area contributed by atoms with E-state index in [9.17, 15) is 9.59 Å². The number of hydrogen-bond donors (Lipinski definition) is 0. The van der Waals surface area contributed by atoms with Crippen LogP contribution in [0.15, 0.2) is 87.8 Å². The predicted octanol–water partition coefficient (Wildman–Crippen LogP) is 4.61. The van der Waals surface area contributed by atoms with Gasteiger partial charge in [-0.25, -0.2) is 9.79 Å². The third-order valence-corrected chi connectivity index (χ3v) is 7.72. The van der Waals surface area contributed by atoms with Crippen LogP contribution in [0.2, 0.25) is 0 Å².